The number of amides is 1. The highest BCUT2D eigenvalue weighted by molar-refractivity contribution is 7.89. The number of benzene rings is 1. The Labute approximate surface area is 169 Å². The van der Waals surface area contributed by atoms with E-state index in [-0.39, 0.29) is 21.8 Å². The van der Waals surface area contributed by atoms with E-state index in [1.807, 2.05) is 0 Å². The van der Waals surface area contributed by atoms with E-state index < -0.39 is 15.5 Å². The van der Waals surface area contributed by atoms with E-state index >= 15 is 0 Å². The second kappa shape index (κ2) is 7.89. The van der Waals surface area contributed by atoms with Gasteiger partial charge in [-0.1, -0.05) is 6.92 Å². The highest BCUT2D eigenvalue weighted by atomic mass is 32.2. The normalized spacial score (nSPS) is 19.6. The van der Waals surface area contributed by atoms with Gasteiger partial charge in [-0.05, 0) is 37.0 Å². The molecule has 1 aromatic heterocycles. The Bertz CT molecular complexity index is 1080. The van der Waals surface area contributed by atoms with Crippen LogP contribution < -0.4 is 5.43 Å². The van der Waals surface area contributed by atoms with E-state index in [2.05, 4.69) is 11.9 Å². The number of nitrogens with zero attached hydrogens (tertiary/aromatic N) is 2. The maximum atomic E-state index is 13.0. The molecule has 0 spiro atoms. The Hall–Kier alpha value is -2.23. The standard InChI is InChI=1S/C20H25N3O5S/c1-14-4-6-23(7-5-14)29(26,27)15-2-3-18-16(12-15)19(24)17(13-21-18)20(25)22-8-10-28-11-9-22/h2-3,12-14H,4-11H2,1H3,(H,21,24). The lowest BCUT2D eigenvalue weighted by Crippen LogP contribution is -2.42. The van der Waals surface area contributed by atoms with Gasteiger partial charge in [0.1, 0.15) is 5.56 Å². The van der Waals surface area contributed by atoms with Crippen LogP contribution in [-0.2, 0) is 14.8 Å². The van der Waals surface area contributed by atoms with Crippen LogP contribution in [0.4, 0.5) is 0 Å². The summed E-state index contributed by atoms with van der Waals surface area (Å²) in [6, 6.07) is 4.48. The molecule has 2 fully saturated rings. The van der Waals surface area contributed by atoms with Crippen molar-refractivity contribution in [1.82, 2.24) is 14.2 Å². The molecule has 1 N–H and O–H groups in total. The molecule has 4 rings (SSSR count). The van der Waals surface area contributed by atoms with Gasteiger partial charge in [0.15, 0.2) is 0 Å². The Balaban J connectivity index is 1.70. The van der Waals surface area contributed by atoms with Crippen LogP contribution in [0.2, 0.25) is 0 Å². The van der Waals surface area contributed by atoms with E-state index in [1.165, 1.54) is 22.6 Å². The minimum absolute atomic E-state index is 0.0146. The molecule has 2 aromatic rings. The molecule has 0 atom stereocenters. The lowest BCUT2D eigenvalue weighted by atomic mass is 10.0. The third-order valence-electron chi connectivity index (χ3n) is 5.76. The fourth-order valence-electron chi connectivity index (χ4n) is 3.83. The number of nitrogens with one attached hydrogen (secondary N) is 1. The van der Waals surface area contributed by atoms with Crippen molar-refractivity contribution in [2.75, 3.05) is 39.4 Å². The van der Waals surface area contributed by atoms with E-state index in [1.54, 1.807) is 11.0 Å². The third-order valence-corrected chi connectivity index (χ3v) is 7.66. The van der Waals surface area contributed by atoms with Crippen molar-refractivity contribution < 1.29 is 17.9 Å². The molecule has 29 heavy (non-hydrogen) atoms. The molecule has 1 aromatic carbocycles. The first-order valence-electron chi connectivity index (χ1n) is 9.90. The second-order valence-corrected chi connectivity index (χ2v) is 9.67. The summed E-state index contributed by atoms with van der Waals surface area (Å²) >= 11 is 0. The number of carbonyl (C=O) groups excluding carboxylic acids is 1. The zero-order chi connectivity index (χ0) is 20.6. The molecule has 9 heteroatoms. The summed E-state index contributed by atoms with van der Waals surface area (Å²) in [7, 11) is -3.68. The van der Waals surface area contributed by atoms with Gasteiger partial charge >= 0.3 is 0 Å². The average Bonchev–Trinajstić information content (AvgIpc) is 2.74. The number of carbonyl (C=O) groups is 1. The number of hydrogen-bond donors (Lipinski definition) is 1. The molecule has 0 radical (unpaired) electrons. The van der Waals surface area contributed by atoms with Gasteiger partial charge in [-0.15, -0.1) is 0 Å². The number of ether oxygens (including phenoxy) is 1. The van der Waals surface area contributed by atoms with Crippen LogP contribution in [0, 0.1) is 5.92 Å². The molecule has 1 amide bonds. The molecule has 0 bridgehead atoms. The third kappa shape index (κ3) is 3.82. The highest BCUT2D eigenvalue weighted by Gasteiger charge is 2.29. The first kappa shape index (κ1) is 20.1. The predicted octanol–water partition coefficient (Wildman–Crippen LogP) is 1.42. The van der Waals surface area contributed by atoms with Crippen molar-refractivity contribution in [3.8, 4) is 0 Å². The predicted molar refractivity (Wildman–Crippen MR) is 108 cm³/mol. The number of hydrogen-bond acceptors (Lipinski definition) is 5. The summed E-state index contributed by atoms with van der Waals surface area (Å²) in [6.07, 6.45) is 3.06. The Kier molecular flexibility index (Phi) is 5.46. The summed E-state index contributed by atoms with van der Waals surface area (Å²) in [4.78, 5) is 30.4. The molecule has 156 valence electrons. The van der Waals surface area contributed by atoms with Gasteiger partial charge in [0.25, 0.3) is 5.91 Å². The maximum Gasteiger partial charge on any atom is 0.259 e. The van der Waals surface area contributed by atoms with Crippen LogP contribution in [0.5, 0.6) is 0 Å². The molecule has 0 unspecified atom stereocenters. The zero-order valence-electron chi connectivity index (χ0n) is 16.4. The molecule has 0 aliphatic carbocycles. The van der Waals surface area contributed by atoms with Crippen LogP contribution in [0.3, 0.4) is 0 Å². The fourth-order valence-corrected chi connectivity index (χ4v) is 5.32. The lowest BCUT2D eigenvalue weighted by Gasteiger charge is -2.29. The summed E-state index contributed by atoms with van der Waals surface area (Å²) in [6.45, 7) is 4.81. The smallest absolute Gasteiger partial charge is 0.259 e. The lowest BCUT2D eigenvalue weighted by molar-refractivity contribution is 0.0302. The topological polar surface area (TPSA) is 99.8 Å². The van der Waals surface area contributed by atoms with Crippen LogP contribution >= 0.6 is 0 Å². The Morgan fingerprint density at radius 1 is 1.14 bits per heavy atom. The molecule has 2 aliphatic heterocycles. The number of aromatic nitrogens is 1. The van der Waals surface area contributed by atoms with Crippen molar-refractivity contribution >= 4 is 26.8 Å². The number of H-pyrrole nitrogens is 1. The van der Waals surface area contributed by atoms with Crippen LogP contribution in [-0.4, -0.2) is 67.9 Å². The van der Waals surface area contributed by atoms with Crippen LogP contribution in [0.25, 0.3) is 10.9 Å². The molecule has 3 heterocycles. The minimum atomic E-state index is -3.68. The molecular formula is C20H25N3O5S. The van der Waals surface area contributed by atoms with E-state index in [9.17, 15) is 18.0 Å². The average molecular weight is 420 g/mol. The number of piperidine rings is 1. The second-order valence-electron chi connectivity index (χ2n) is 7.73. The van der Waals surface area contributed by atoms with Gasteiger partial charge in [-0.3, -0.25) is 9.59 Å². The summed E-state index contributed by atoms with van der Waals surface area (Å²) in [5.74, 6) is 0.143. The molecular weight excluding hydrogens is 394 g/mol. The molecule has 8 nitrogen and oxygen atoms in total. The number of sulfonamides is 1. The van der Waals surface area contributed by atoms with Crippen molar-refractivity contribution in [2.45, 2.75) is 24.7 Å². The molecule has 2 aliphatic rings. The van der Waals surface area contributed by atoms with E-state index in [0.29, 0.717) is 50.8 Å². The van der Waals surface area contributed by atoms with Crippen molar-refractivity contribution in [1.29, 1.82) is 0 Å². The zero-order valence-corrected chi connectivity index (χ0v) is 17.2. The number of morpholine rings is 1. The van der Waals surface area contributed by atoms with Crippen LogP contribution in [0.15, 0.2) is 34.1 Å². The monoisotopic (exact) mass is 419 g/mol. The van der Waals surface area contributed by atoms with Crippen molar-refractivity contribution in [2.24, 2.45) is 5.92 Å². The fraction of sp³-hybridized carbons (Fsp3) is 0.500. The van der Waals surface area contributed by atoms with Gasteiger partial charge in [0, 0.05) is 43.3 Å². The molecule has 0 saturated carbocycles. The number of fused-ring (bicyclic) bond motifs is 1. The van der Waals surface area contributed by atoms with Gasteiger partial charge in [-0.2, -0.15) is 4.31 Å². The Morgan fingerprint density at radius 2 is 1.83 bits per heavy atom. The number of rotatable bonds is 3. The highest BCUT2D eigenvalue weighted by Crippen LogP contribution is 2.25. The van der Waals surface area contributed by atoms with Crippen LogP contribution in [0.1, 0.15) is 30.1 Å². The largest absolute Gasteiger partial charge is 0.378 e. The summed E-state index contributed by atoms with van der Waals surface area (Å²) in [5, 5.41) is 0.204. The van der Waals surface area contributed by atoms with E-state index in [0.717, 1.165) is 12.8 Å². The number of pyridine rings is 1. The van der Waals surface area contributed by atoms with Crippen molar-refractivity contribution in [3.05, 3.63) is 40.2 Å². The van der Waals surface area contributed by atoms with Crippen molar-refractivity contribution in [3.63, 3.8) is 0 Å². The quantitative estimate of drug-likeness (QED) is 0.811. The summed E-state index contributed by atoms with van der Waals surface area (Å²) in [5.41, 5.74) is 0.0556. The summed E-state index contributed by atoms with van der Waals surface area (Å²) < 4.78 is 32.8. The van der Waals surface area contributed by atoms with Gasteiger partial charge in [0.05, 0.1) is 18.1 Å². The SMILES string of the molecule is CC1CCN(S(=O)(=O)c2ccc3[nH]cc(C(=O)N4CCOCC4)c(=O)c3c2)CC1. The maximum absolute atomic E-state index is 13.0. The van der Waals surface area contributed by atoms with Gasteiger partial charge in [-0.25, -0.2) is 8.42 Å². The Morgan fingerprint density at radius 3 is 2.52 bits per heavy atom. The first-order chi connectivity index (χ1) is 13.9. The first-order valence-corrected chi connectivity index (χ1v) is 11.3. The van der Waals surface area contributed by atoms with E-state index in [4.69, 9.17) is 4.74 Å². The number of aromatic amines is 1. The van der Waals surface area contributed by atoms with Gasteiger partial charge in [0.2, 0.25) is 15.5 Å². The van der Waals surface area contributed by atoms with Gasteiger partial charge < -0.3 is 14.6 Å². The molecule has 2 saturated heterocycles. The minimum Gasteiger partial charge on any atom is -0.378 e.